The number of fused-ring (bicyclic) bond motifs is 1. The van der Waals surface area contributed by atoms with E-state index >= 15 is 0 Å². The third kappa shape index (κ3) is 6.62. The summed E-state index contributed by atoms with van der Waals surface area (Å²) in [6.07, 6.45) is -0.229. The molecule has 194 valence electrons. The van der Waals surface area contributed by atoms with E-state index in [2.05, 4.69) is 39.7 Å². The van der Waals surface area contributed by atoms with Crippen LogP contribution in [0, 0.1) is 11.3 Å². The number of nitrogens with zero attached hydrogens (tertiary/aromatic N) is 2. The number of benzene rings is 3. The smallest absolute Gasteiger partial charge is 0.412 e. The number of ether oxygens (including phenoxy) is 1. The highest BCUT2D eigenvalue weighted by molar-refractivity contribution is 7.97. The van der Waals surface area contributed by atoms with Gasteiger partial charge in [-0.05, 0) is 85.8 Å². The Morgan fingerprint density at radius 2 is 1.66 bits per heavy atom. The van der Waals surface area contributed by atoms with Crippen LogP contribution < -0.4 is 10.6 Å². The van der Waals surface area contributed by atoms with Crippen LogP contribution in [0.3, 0.4) is 0 Å². The number of amides is 2. The van der Waals surface area contributed by atoms with Gasteiger partial charge in [0.2, 0.25) is 0 Å². The standard InChI is InChI=1S/C30H30N4O3S/c1-20-19-34(27(17-18-31)24-10-6-5-9-23(20)24)38-22-15-13-21(14-16-22)28(35)32-25-11-7-8-12-26(25)33-29(36)37-30(2,3)4/h5-16,27H,1,17,19H2,2-4H3,(H,32,35)(H,33,36). The van der Waals surface area contributed by atoms with Crippen molar-refractivity contribution in [1.29, 1.82) is 5.26 Å². The van der Waals surface area contributed by atoms with Gasteiger partial charge in [0.05, 0.1) is 29.9 Å². The second-order valence-electron chi connectivity index (χ2n) is 9.89. The summed E-state index contributed by atoms with van der Waals surface area (Å²) in [5.74, 6) is -0.303. The van der Waals surface area contributed by atoms with Crippen molar-refractivity contribution in [2.45, 2.75) is 43.7 Å². The minimum atomic E-state index is -0.637. The van der Waals surface area contributed by atoms with E-state index in [-0.39, 0.29) is 11.9 Å². The highest BCUT2D eigenvalue weighted by atomic mass is 32.2. The molecule has 0 aliphatic carbocycles. The number of hydrogen-bond donors (Lipinski definition) is 2. The zero-order chi connectivity index (χ0) is 27.3. The van der Waals surface area contributed by atoms with Gasteiger partial charge in [0.1, 0.15) is 5.60 Å². The number of anilines is 2. The summed E-state index contributed by atoms with van der Waals surface area (Å²) in [7, 11) is 0. The summed E-state index contributed by atoms with van der Waals surface area (Å²) in [5, 5.41) is 15.0. The third-order valence-electron chi connectivity index (χ3n) is 5.83. The van der Waals surface area contributed by atoms with Gasteiger partial charge >= 0.3 is 6.09 Å². The van der Waals surface area contributed by atoms with Crippen LogP contribution in [0.1, 0.15) is 54.7 Å². The van der Waals surface area contributed by atoms with Crippen molar-refractivity contribution in [1.82, 2.24) is 4.31 Å². The molecule has 4 rings (SSSR count). The average Bonchev–Trinajstić information content (AvgIpc) is 2.87. The number of nitriles is 1. The first kappa shape index (κ1) is 27.0. The third-order valence-corrected chi connectivity index (χ3v) is 6.93. The van der Waals surface area contributed by atoms with Crippen LogP contribution in [0.15, 0.2) is 84.3 Å². The Bertz CT molecular complexity index is 1390. The Morgan fingerprint density at radius 1 is 1.03 bits per heavy atom. The van der Waals surface area contributed by atoms with Crippen molar-refractivity contribution in [2.75, 3.05) is 17.2 Å². The second kappa shape index (κ2) is 11.5. The maximum absolute atomic E-state index is 13.0. The van der Waals surface area contributed by atoms with Crippen LogP contribution in [0.25, 0.3) is 5.57 Å². The maximum Gasteiger partial charge on any atom is 0.412 e. The van der Waals surface area contributed by atoms with Crippen molar-refractivity contribution >= 4 is 40.9 Å². The molecule has 1 heterocycles. The molecular formula is C30H30N4O3S. The van der Waals surface area contributed by atoms with E-state index < -0.39 is 11.7 Å². The van der Waals surface area contributed by atoms with Gasteiger partial charge in [-0.15, -0.1) is 0 Å². The summed E-state index contributed by atoms with van der Waals surface area (Å²) >= 11 is 1.55. The molecule has 0 fully saturated rings. The highest BCUT2D eigenvalue weighted by Crippen LogP contribution is 2.42. The molecule has 3 aromatic rings. The van der Waals surface area contributed by atoms with E-state index in [4.69, 9.17) is 4.74 Å². The first-order valence-corrected chi connectivity index (χ1v) is 13.0. The molecule has 2 amide bonds. The van der Waals surface area contributed by atoms with Gasteiger partial charge < -0.3 is 10.1 Å². The Morgan fingerprint density at radius 3 is 2.32 bits per heavy atom. The molecule has 38 heavy (non-hydrogen) atoms. The van der Waals surface area contributed by atoms with Crippen molar-refractivity contribution in [3.63, 3.8) is 0 Å². The van der Waals surface area contributed by atoms with Gasteiger partial charge in [0, 0.05) is 17.0 Å². The van der Waals surface area contributed by atoms with E-state index in [0.717, 1.165) is 21.6 Å². The predicted molar refractivity (Wildman–Crippen MR) is 152 cm³/mol. The minimum absolute atomic E-state index is 0.0522. The van der Waals surface area contributed by atoms with Crippen LogP contribution in [-0.4, -0.2) is 28.5 Å². The summed E-state index contributed by atoms with van der Waals surface area (Å²) in [5.41, 5.74) is 3.97. The number of rotatable bonds is 6. The van der Waals surface area contributed by atoms with Crippen molar-refractivity contribution in [3.05, 3.63) is 96.1 Å². The Hall–Kier alpha value is -4.06. The van der Waals surface area contributed by atoms with Gasteiger partial charge in [0.25, 0.3) is 5.91 Å². The zero-order valence-corrected chi connectivity index (χ0v) is 22.5. The molecule has 1 atom stereocenters. The number of hydrogen-bond acceptors (Lipinski definition) is 6. The predicted octanol–water partition coefficient (Wildman–Crippen LogP) is 7.28. The summed E-state index contributed by atoms with van der Waals surface area (Å²) in [6, 6.07) is 24.6. The van der Waals surface area contributed by atoms with E-state index in [1.54, 1.807) is 69.1 Å². The molecule has 2 N–H and O–H groups in total. The zero-order valence-electron chi connectivity index (χ0n) is 21.7. The molecule has 0 saturated heterocycles. The molecular weight excluding hydrogens is 496 g/mol. The molecule has 8 heteroatoms. The number of para-hydroxylation sites is 2. The quantitative estimate of drug-likeness (QED) is 0.328. The molecule has 0 radical (unpaired) electrons. The fourth-order valence-corrected chi connectivity index (χ4v) is 5.22. The van der Waals surface area contributed by atoms with Crippen LogP contribution >= 0.6 is 11.9 Å². The SMILES string of the molecule is C=C1CN(Sc2ccc(C(=O)Nc3ccccc3NC(=O)OC(C)(C)C)cc2)C(CC#N)c2ccccc21. The fraction of sp³-hybridized carbons (Fsp3) is 0.233. The Labute approximate surface area is 227 Å². The van der Waals surface area contributed by atoms with E-state index in [0.29, 0.717) is 29.9 Å². The fourth-order valence-electron chi connectivity index (χ4n) is 4.15. The van der Waals surface area contributed by atoms with Crippen LogP contribution in [-0.2, 0) is 4.74 Å². The van der Waals surface area contributed by atoms with Crippen LogP contribution in [0.2, 0.25) is 0 Å². The molecule has 0 bridgehead atoms. The minimum Gasteiger partial charge on any atom is -0.444 e. The summed E-state index contributed by atoms with van der Waals surface area (Å²) in [4.78, 5) is 26.1. The molecule has 7 nitrogen and oxygen atoms in total. The van der Waals surface area contributed by atoms with Gasteiger partial charge in [-0.3, -0.25) is 10.1 Å². The first-order valence-electron chi connectivity index (χ1n) is 12.2. The lowest BCUT2D eigenvalue weighted by Crippen LogP contribution is -2.29. The van der Waals surface area contributed by atoms with Gasteiger partial charge in [-0.1, -0.05) is 43.0 Å². The lowest BCUT2D eigenvalue weighted by atomic mass is 9.90. The van der Waals surface area contributed by atoms with Crippen molar-refractivity contribution in [2.24, 2.45) is 0 Å². The number of carbonyl (C=O) groups excluding carboxylic acids is 2. The largest absolute Gasteiger partial charge is 0.444 e. The highest BCUT2D eigenvalue weighted by Gasteiger charge is 2.29. The molecule has 0 spiro atoms. The molecule has 0 saturated carbocycles. The molecule has 1 aliphatic heterocycles. The Kier molecular flexibility index (Phi) is 8.20. The monoisotopic (exact) mass is 526 g/mol. The van der Waals surface area contributed by atoms with E-state index in [1.807, 2.05) is 24.3 Å². The maximum atomic E-state index is 13.0. The normalized spacial score (nSPS) is 15.2. The molecule has 1 unspecified atom stereocenters. The average molecular weight is 527 g/mol. The van der Waals surface area contributed by atoms with Gasteiger partial charge in [-0.25, -0.2) is 9.10 Å². The van der Waals surface area contributed by atoms with E-state index in [9.17, 15) is 14.9 Å². The second-order valence-corrected chi connectivity index (χ2v) is 11.0. The van der Waals surface area contributed by atoms with Crippen molar-refractivity contribution < 1.29 is 14.3 Å². The van der Waals surface area contributed by atoms with Crippen LogP contribution in [0.4, 0.5) is 16.2 Å². The van der Waals surface area contributed by atoms with Crippen LogP contribution in [0.5, 0.6) is 0 Å². The van der Waals surface area contributed by atoms with Crippen molar-refractivity contribution in [3.8, 4) is 6.07 Å². The lowest BCUT2D eigenvalue weighted by Gasteiger charge is -2.36. The molecule has 3 aromatic carbocycles. The van der Waals surface area contributed by atoms with E-state index in [1.165, 1.54) is 0 Å². The summed E-state index contributed by atoms with van der Waals surface area (Å²) < 4.78 is 7.49. The summed E-state index contributed by atoms with van der Waals surface area (Å²) in [6.45, 7) is 10.2. The first-order chi connectivity index (χ1) is 18.1. The topological polar surface area (TPSA) is 94.5 Å². The Balaban J connectivity index is 1.44. The van der Waals surface area contributed by atoms with Gasteiger partial charge in [-0.2, -0.15) is 5.26 Å². The van der Waals surface area contributed by atoms with Gasteiger partial charge in [0.15, 0.2) is 0 Å². The number of nitrogens with one attached hydrogen (secondary N) is 2. The molecule has 0 aromatic heterocycles. The number of carbonyl (C=O) groups is 2. The molecule has 1 aliphatic rings. The lowest BCUT2D eigenvalue weighted by molar-refractivity contribution is 0.0635.